The fraction of sp³-hybridized carbons (Fsp3) is 0.600. The Kier molecular flexibility index (Phi) is 3.73. The maximum Gasteiger partial charge on any atom is 0.433 e. The summed E-state index contributed by atoms with van der Waals surface area (Å²) in [5.41, 5.74) is -0.772. The number of hydrogen-bond acceptors (Lipinski definition) is 4. The van der Waals surface area contributed by atoms with Gasteiger partial charge in [0.2, 0.25) is 0 Å². The minimum atomic E-state index is -4.50. The van der Waals surface area contributed by atoms with Gasteiger partial charge in [-0.3, -0.25) is 0 Å². The first kappa shape index (κ1) is 15.1. The predicted octanol–water partition coefficient (Wildman–Crippen LogP) is 2.69. The van der Waals surface area contributed by atoms with E-state index in [4.69, 9.17) is 5.26 Å². The molecular formula is C15H17F3N4. The van der Waals surface area contributed by atoms with Crippen LogP contribution in [0.1, 0.15) is 36.9 Å². The number of nitrogens with zero attached hydrogens (tertiary/aromatic N) is 3. The summed E-state index contributed by atoms with van der Waals surface area (Å²) in [5, 5.41) is 12.7. The third-order valence-corrected chi connectivity index (χ3v) is 4.62. The number of piperidine rings is 1. The minimum Gasteiger partial charge on any atom is -0.355 e. The highest BCUT2D eigenvalue weighted by atomic mass is 19.4. The van der Waals surface area contributed by atoms with E-state index >= 15 is 0 Å². The molecular weight excluding hydrogens is 293 g/mol. The van der Waals surface area contributed by atoms with Gasteiger partial charge in [0.25, 0.3) is 0 Å². The Balaban J connectivity index is 1.90. The van der Waals surface area contributed by atoms with Crippen molar-refractivity contribution in [1.29, 1.82) is 5.26 Å². The van der Waals surface area contributed by atoms with Crippen LogP contribution in [0.15, 0.2) is 12.1 Å². The molecule has 0 aliphatic carbocycles. The third kappa shape index (κ3) is 2.75. The van der Waals surface area contributed by atoms with Crippen molar-refractivity contribution in [2.45, 2.75) is 50.0 Å². The van der Waals surface area contributed by atoms with Gasteiger partial charge in [-0.15, -0.1) is 0 Å². The molecule has 0 saturated carbocycles. The largest absolute Gasteiger partial charge is 0.433 e. The number of fused-ring (bicyclic) bond motifs is 2. The van der Waals surface area contributed by atoms with Gasteiger partial charge in [0.15, 0.2) is 0 Å². The Morgan fingerprint density at radius 2 is 1.91 bits per heavy atom. The van der Waals surface area contributed by atoms with Gasteiger partial charge < -0.3 is 10.2 Å². The van der Waals surface area contributed by atoms with Crippen LogP contribution in [-0.2, 0) is 6.18 Å². The minimum absolute atomic E-state index is 0.113. The second kappa shape index (κ2) is 5.43. The first-order valence-electron chi connectivity index (χ1n) is 7.35. The summed E-state index contributed by atoms with van der Waals surface area (Å²) in [7, 11) is 1.73. The number of halogens is 3. The highest BCUT2D eigenvalue weighted by Crippen LogP contribution is 2.34. The molecule has 4 nitrogen and oxygen atoms in total. The fourth-order valence-corrected chi connectivity index (χ4v) is 3.48. The van der Waals surface area contributed by atoms with Gasteiger partial charge >= 0.3 is 6.18 Å². The number of rotatable bonds is 2. The molecule has 0 aromatic carbocycles. The van der Waals surface area contributed by atoms with Gasteiger partial charge in [-0.1, -0.05) is 0 Å². The summed E-state index contributed by atoms with van der Waals surface area (Å²) in [4.78, 5) is 5.47. The molecule has 2 aliphatic rings. The maximum atomic E-state index is 12.9. The van der Waals surface area contributed by atoms with Crippen molar-refractivity contribution >= 4 is 5.82 Å². The first-order valence-corrected chi connectivity index (χ1v) is 7.35. The molecule has 118 valence electrons. The van der Waals surface area contributed by atoms with Crippen molar-refractivity contribution < 1.29 is 13.2 Å². The summed E-state index contributed by atoms with van der Waals surface area (Å²) in [5.74, 6) is 0.128. The molecule has 1 N–H and O–H groups in total. The van der Waals surface area contributed by atoms with Gasteiger partial charge in [-0.05, 0) is 37.8 Å². The monoisotopic (exact) mass is 310 g/mol. The molecule has 0 amide bonds. The van der Waals surface area contributed by atoms with Crippen LogP contribution in [0, 0.1) is 11.3 Å². The summed E-state index contributed by atoms with van der Waals surface area (Å²) < 4.78 is 38.6. The van der Waals surface area contributed by atoms with Crippen molar-refractivity contribution in [2.24, 2.45) is 0 Å². The summed E-state index contributed by atoms with van der Waals surface area (Å²) >= 11 is 0. The van der Waals surface area contributed by atoms with Gasteiger partial charge in [0, 0.05) is 25.2 Å². The second-order valence-corrected chi connectivity index (χ2v) is 6.05. The second-order valence-electron chi connectivity index (χ2n) is 6.05. The molecule has 3 heterocycles. The zero-order valence-corrected chi connectivity index (χ0v) is 12.2. The van der Waals surface area contributed by atoms with Crippen LogP contribution in [0.2, 0.25) is 0 Å². The smallest absolute Gasteiger partial charge is 0.355 e. The molecule has 2 unspecified atom stereocenters. The highest BCUT2D eigenvalue weighted by molar-refractivity contribution is 5.55. The van der Waals surface area contributed by atoms with Crippen molar-refractivity contribution in [1.82, 2.24) is 10.3 Å². The molecule has 1 aromatic rings. The normalized spacial score (nSPS) is 27.5. The SMILES string of the molecule is CN(c1nc(C(F)(F)F)ccc1C#N)C1CC2CCC(C1)N2. The zero-order chi connectivity index (χ0) is 15.9. The molecule has 0 spiro atoms. The van der Waals surface area contributed by atoms with Crippen molar-refractivity contribution in [3.05, 3.63) is 23.4 Å². The van der Waals surface area contributed by atoms with E-state index in [1.54, 1.807) is 11.9 Å². The number of nitriles is 1. The van der Waals surface area contributed by atoms with Crippen LogP contribution in [-0.4, -0.2) is 30.2 Å². The van der Waals surface area contributed by atoms with Crippen LogP contribution in [0.3, 0.4) is 0 Å². The Hall–Kier alpha value is -1.81. The lowest BCUT2D eigenvalue weighted by Crippen LogP contribution is -2.47. The quantitative estimate of drug-likeness (QED) is 0.912. The van der Waals surface area contributed by atoms with Gasteiger partial charge in [0.05, 0.1) is 5.56 Å². The number of anilines is 1. The van der Waals surface area contributed by atoms with E-state index in [1.807, 2.05) is 6.07 Å². The first-order chi connectivity index (χ1) is 10.4. The lowest BCUT2D eigenvalue weighted by atomic mass is 9.98. The Morgan fingerprint density at radius 3 is 2.45 bits per heavy atom. The average Bonchev–Trinajstić information content (AvgIpc) is 2.83. The fourth-order valence-electron chi connectivity index (χ4n) is 3.48. The topological polar surface area (TPSA) is 52.0 Å². The van der Waals surface area contributed by atoms with Crippen LogP contribution in [0.4, 0.5) is 19.0 Å². The van der Waals surface area contributed by atoms with E-state index in [1.165, 1.54) is 6.07 Å². The summed E-state index contributed by atoms with van der Waals surface area (Å²) in [6, 6.07) is 4.96. The molecule has 2 atom stereocenters. The Bertz CT molecular complexity index is 596. The molecule has 2 aliphatic heterocycles. The van der Waals surface area contributed by atoms with E-state index in [9.17, 15) is 13.2 Å². The standard InChI is InChI=1S/C15H17F3N4/c1-22(12-6-10-3-4-11(7-12)20-10)14-9(8-19)2-5-13(21-14)15(16,17)18/h2,5,10-12,20H,3-4,6-7H2,1H3. The molecule has 0 radical (unpaired) electrons. The summed E-state index contributed by atoms with van der Waals surface area (Å²) in [6.07, 6.45) is -0.547. The molecule has 3 rings (SSSR count). The predicted molar refractivity (Wildman–Crippen MR) is 75.3 cm³/mol. The van der Waals surface area contributed by atoms with Crippen molar-refractivity contribution in [3.63, 3.8) is 0 Å². The van der Waals surface area contributed by atoms with Crippen molar-refractivity contribution in [3.8, 4) is 6.07 Å². The highest BCUT2D eigenvalue weighted by Gasteiger charge is 2.37. The molecule has 2 bridgehead atoms. The molecule has 7 heteroatoms. The number of pyridine rings is 1. The van der Waals surface area contributed by atoms with Crippen LogP contribution < -0.4 is 10.2 Å². The number of aromatic nitrogens is 1. The van der Waals surface area contributed by atoms with Crippen LogP contribution >= 0.6 is 0 Å². The summed E-state index contributed by atoms with van der Waals surface area (Å²) in [6.45, 7) is 0. The van der Waals surface area contributed by atoms with Gasteiger partial charge in [0.1, 0.15) is 17.6 Å². The van der Waals surface area contributed by atoms with E-state index in [0.29, 0.717) is 12.1 Å². The Morgan fingerprint density at radius 1 is 1.27 bits per heavy atom. The van der Waals surface area contributed by atoms with Crippen LogP contribution in [0.25, 0.3) is 0 Å². The molecule has 1 aromatic heterocycles. The number of alkyl halides is 3. The lowest BCUT2D eigenvalue weighted by Gasteiger charge is -2.36. The average molecular weight is 310 g/mol. The van der Waals surface area contributed by atoms with E-state index in [2.05, 4.69) is 10.3 Å². The van der Waals surface area contributed by atoms with Crippen molar-refractivity contribution in [2.75, 3.05) is 11.9 Å². The van der Waals surface area contributed by atoms with Gasteiger partial charge in [-0.2, -0.15) is 18.4 Å². The van der Waals surface area contributed by atoms with Gasteiger partial charge in [-0.25, -0.2) is 4.98 Å². The lowest BCUT2D eigenvalue weighted by molar-refractivity contribution is -0.141. The number of nitrogens with one attached hydrogen (secondary N) is 1. The van der Waals surface area contributed by atoms with E-state index in [-0.39, 0.29) is 17.4 Å². The number of hydrogen-bond donors (Lipinski definition) is 1. The van der Waals surface area contributed by atoms with E-state index < -0.39 is 11.9 Å². The molecule has 22 heavy (non-hydrogen) atoms. The molecule has 2 fully saturated rings. The molecule has 2 saturated heterocycles. The Labute approximate surface area is 126 Å². The van der Waals surface area contributed by atoms with E-state index in [0.717, 1.165) is 31.7 Å². The third-order valence-electron chi connectivity index (χ3n) is 4.62. The maximum absolute atomic E-state index is 12.9. The van der Waals surface area contributed by atoms with Crippen LogP contribution in [0.5, 0.6) is 0 Å². The zero-order valence-electron chi connectivity index (χ0n) is 12.2.